The summed E-state index contributed by atoms with van der Waals surface area (Å²) < 4.78 is 28.4. The van der Waals surface area contributed by atoms with Crippen LogP contribution in [-0.4, -0.2) is 6.61 Å². The van der Waals surface area contributed by atoms with Gasteiger partial charge in [0.25, 0.3) is 0 Å². The lowest BCUT2D eigenvalue weighted by Crippen LogP contribution is -2.02. The molecule has 0 radical (unpaired) electrons. The molecule has 0 aromatic heterocycles. The van der Waals surface area contributed by atoms with Crippen LogP contribution in [0.3, 0.4) is 0 Å². The molecular formula is C17H17F2NO. The fourth-order valence-corrected chi connectivity index (χ4v) is 2.28. The third-order valence-electron chi connectivity index (χ3n) is 3.60. The highest BCUT2D eigenvalue weighted by Gasteiger charge is 2.22. The molecule has 4 heteroatoms. The number of rotatable bonds is 6. The minimum Gasteiger partial charge on any atom is -0.435 e. The van der Waals surface area contributed by atoms with Crippen LogP contribution in [0.1, 0.15) is 29.9 Å². The van der Waals surface area contributed by atoms with Crippen molar-refractivity contribution in [2.75, 3.05) is 5.32 Å². The van der Waals surface area contributed by atoms with Crippen molar-refractivity contribution in [1.29, 1.82) is 0 Å². The van der Waals surface area contributed by atoms with E-state index >= 15 is 0 Å². The molecule has 0 unspecified atom stereocenters. The Morgan fingerprint density at radius 3 is 2.24 bits per heavy atom. The summed E-state index contributed by atoms with van der Waals surface area (Å²) in [5.74, 6) is 0.943. The summed E-state index contributed by atoms with van der Waals surface area (Å²) in [6.07, 6.45) is 2.62. The minimum atomic E-state index is -2.78. The molecule has 0 heterocycles. The third-order valence-corrected chi connectivity index (χ3v) is 3.60. The molecule has 2 aromatic rings. The van der Waals surface area contributed by atoms with Crippen molar-refractivity contribution >= 4 is 5.69 Å². The summed E-state index contributed by atoms with van der Waals surface area (Å²) in [6.45, 7) is -2.08. The quantitative estimate of drug-likeness (QED) is 0.826. The average molecular weight is 289 g/mol. The Morgan fingerprint density at radius 1 is 1.00 bits per heavy atom. The molecular weight excluding hydrogens is 272 g/mol. The highest BCUT2D eigenvalue weighted by atomic mass is 19.3. The highest BCUT2D eigenvalue weighted by molar-refractivity contribution is 5.47. The van der Waals surface area contributed by atoms with E-state index < -0.39 is 6.61 Å². The van der Waals surface area contributed by atoms with E-state index in [2.05, 4.69) is 34.3 Å². The minimum absolute atomic E-state index is 0.171. The molecule has 1 fully saturated rings. The van der Waals surface area contributed by atoms with Gasteiger partial charge in [-0.05, 0) is 54.2 Å². The molecule has 0 amide bonds. The van der Waals surface area contributed by atoms with Crippen LogP contribution in [0.15, 0.2) is 48.5 Å². The first-order valence-corrected chi connectivity index (χ1v) is 7.08. The summed E-state index contributed by atoms with van der Waals surface area (Å²) >= 11 is 0. The predicted octanol–water partition coefficient (Wildman–Crippen LogP) is 4.78. The van der Waals surface area contributed by atoms with Crippen LogP contribution >= 0.6 is 0 Å². The Morgan fingerprint density at radius 2 is 1.67 bits per heavy atom. The van der Waals surface area contributed by atoms with Crippen LogP contribution in [0.2, 0.25) is 0 Å². The molecule has 2 nitrogen and oxygen atoms in total. The van der Waals surface area contributed by atoms with Crippen molar-refractivity contribution in [1.82, 2.24) is 0 Å². The van der Waals surface area contributed by atoms with Crippen LogP contribution in [0.5, 0.6) is 5.75 Å². The number of ether oxygens (including phenoxy) is 1. The maximum absolute atomic E-state index is 12.0. The molecule has 0 saturated heterocycles. The van der Waals surface area contributed by atoms with Crippen molar-refractivity contribution in [3.8, 4) is 5.75 Å². The van der Waals surface area contributed by atoms with Gasteiger partial charge in [-0.15, -0.1) is 0 Å². The van der Waals surface area contributed by atoms with Crippen LogP contribution in [0.25, 0.3) is 0 Å². The lowest BCUT2D eigenvalue weighted by atomic mass is 10.1. The van der Waals surface area contributed by atoms with E-state index in [-0.39, 0.29) is 5.75 Å². The number of anilines is 1. The first-order valence-electron chi connectivity index (χ1n) is 7.08. The molecule has 0 atom stereocenters. The maximum atomic E-state index is 12.0. The fraction of sp³-hybridized carbons (Fsp3) is 0.294. The average Bonchev–Trinajstić information content (AvgIpc) is 3.31. The zero-order chi connectivity index (χ0) is 14.7. The molecule has 1 aliphatic rings. The van der Waals surface area contributed by atoms with E-state index in [4.69, 9.17) is 0 Å². The summed E-state index contributed by atoms with van der Waals surface area (Å²) in [4.78, 5) is 0. The highest BCUT2D eigenvalue weighted by Crippen LogP contribution is 2.39. The molecule has 1 N–H and O–H groups in total. The predicted molar refractivity (Wildman–Crippen MR) is 78.8 cm³/mol. The van der Waals surface area contributed by atoms with Gasteiger partial charge in [0.1, 0.15) is 5.75 Å². The summed E-state index contributed by atoms with van der Waals surface area (Å²) in [5.41, 5.74) is 3.50. The van der Waals surface area contributed by atoms with E-state index in [1.54, 1.807) is 12.1 Å². The van der Waals surface area contributed by atoms with Crippen molar-refractivity contribution in [3.63, 3.8) is 0 Å². The van der Waals surface area contributed by atoms with Gasteiger partial charge in [0.05, 0.1) is 0 Å². The van der Waals surface area contributed by atoms with Gasteiger partial charge >= 0.3 is 6.61 Å². The van der Waals surface area contributed by atoms with Crippen molar-refractivity contribution in [2.45, 2.75) is 31.9 Å². The Hall–Kier alpha value is -2.10. The van der Waals surface area contributed by atoms with E-state index in [1.165, 1.54) is 36.1 Å². The zero-order valence-electron chi connectivity index (χ0n) is 11.6. The normalized spacial score (nSPS) is 14.2. The number of halogens is 2. The topological polar surface area (TPSA) is 21.3 Å². The molecule has 0 bridgehead atoms. The summed E-state index contributed by atoms with van der Waals surface area (Å²) in [5, 5.41) is 3.26. The number of nitrogens with one attached hydrogen (secondary N) is 1. The van der Waals surface area contributed by atoms with Gasteiger partial charge in [-0.1, -0.05) is 24.3 Å². The van der Waals surface area contributed by atoms with Crippen LogP contribution in [-0.2, 0) is 6.54 Å². The monoisotopic (exact) mass is 289 g/mol. The lowest BCUT2D eigenvalue weighted by Gasteiger charge is -2.09. The first-order chi connectivity index (χ1) is 10.2. The Kier molecular flexibility index (Phi) is 4.04. The van der Waals surface area contributed by atoms with Crippen molar-refractivity contribution in [2.24, 2.45) is 0 Å². The molecule has 0 spiro atoms. The van der Waals surface area contributed by atoms with Crippen LogP contribution in [0.4, 0.5) is 14.5 Å². The number of alkyl halides is 2. The van der Waals surface area contributed by atoms with E-state index in [1.807, 2.05) is 0 Å². The van der Waals surface area contributed by atoms with Gasteiger partial charge in [0.15, 0.2) is 0 Å². The van der Waals surface area contributed by atoms with Gasteiger partial charge in [-0.2, -0.15) is 8.78 Å². The number of hydrogen-bond donors (Lipinski definition) is 1. The molecule has 21 heavy (non-hydrogen) atoms. The smallest absolute Gasteiger partial charge is 0.387 e. The summed E-state index contributed by atoms with van der Waals surface area (Å²) in [6, 6.07) is 15.2. The first kappa shape index (κ1) is 13.9. The molecule has 1 saturated carbocycles. The second kappa shape index (κ2) is 6.12. The zero-order valence-corrected chi connectivity index (χ0v) is 11.6. The van der Waals surface area contributed by atoms with Gasteiger partial charge in [0, 0.05) is 12.2 Å². The number of benzene rings is 2. The van der Waals surface area contributed by atoms with Gasteiger partial charge in [0.2, 0.25) is 0 Å². The molecule has 0 aliphatic heterocycles. The van der Waals surface area contributed by atoms with E-state index in [9.17, 15) is 8.78 Å². The van der Waals surface area contributed by atoms with E-state index in [0.29, 0.717) is 6.54 Å². The number of hydrogen-bond acceptors (Lipinski definition) is 2. The Bertz CT molecular complexity index is 577. The van der Waals surface area contributed by atoms with Gasteiger partial charge in [-0.25, -0.2) is 0 Å². The second-order valence-electron chi connectivity index (χ2n) is 5.27. The van der Waals surface area contributed by atoms with E-state index in [0.717, 1.165) is 11.6 Å². The van der Waals surface area contributed by atoms with Crippen LogP contribution < -0.4 is 10.1 Å². The van der Waals surface area contributed by atoms with Crippen LogP contribution in [0, 0.1) is 0 Å². The lowest BCUT2D eigenvalue weighted by molar-refractivity contribution is -0.0498. The Labute approximate surface area is 122 Å². The summed E-state index contributed by atoms with van der Waals surface area (Å²) in [7, 11) is 0. The Balaban J connectivity index is 1.54. The molecule has 3 rings (SSSR count). The van der Waals surface area contributed by atoms with Crippen molar-refractivity contribution < 1.29 is 13.5 Å². The molecule has 110 valence electrons. The van der Waals surface area contributed by atoms with Gasteiger partial charge < -0.3 is 10.1 Å². The largest absolute Gasteiger partial charge is 0.435 e. The van der Waals surface area contributed by atoms with Gasteiger partial charge in [-0.3, -0.25) is 0 Å². The molecule has 2 aromatic carbocycles. The molecule has 1 aliphatic carbocycles. The second-order valence-corrected chi connectivity index (χ2v) is 5.27. The standard InChI is InChI=1S/C17H17F2NO/c18-17(19)21-16-9-7-15(8-10-16)20-11-12-1-3-13(4-2-12)14-5-6-14/h1-4,7-10,14,17,20H,5-6,11H2. The third kappa shape index (κ3) is 3.94. The van der Waals surface area contributed by atoms with Crippen molar-refractivity contribution in [3.05, 3.63) is 59.7 Å². The SMILES string of the molecule is FC(F)Oc1ccc(NCc2ccc(C3CC3)cc2)cc1. The maximum Gasteiger partial charge on any atom is 0.387 e. The fourth-order valence-electron chi connectivity index (χ4n) is 2.28.